The van der Waals surface area contributed by atoms with Crippen molar-refractivity contribution in [3.05, 3.63) is 47.4 Å². The first kappa shape index (κ1) is 17.9. The van der Waals surface area contributed by atoms with E-state index in [4.69, 9.17) is 5.26 Å². The number of carbonyl (C=O) groups excluding carboxylic acids is 1. The summed E-state index contributed by atoms with van der Waals surface area (Å²) in [5.41, 5.74) is 1.77. The second-order valence-electron chi connectivity index (χ2n) is 6.66. The number of nitriles is 1. The molecule has 6 heteroatoms. The number of benzene rings is 1. The highest BCUT2D eigenvalue weighted by molar-refractivity contribution is 5.93. The third-order valence-electron chi connectivity index (χ3n) is 4.55. The average Bonchev–Trinajstić information content (AvgIpc) is 2.90. The van der Waals surface area contributed by atoms with Gasteiger partial charge in [-0.2, -0.15) is 5.26 Å². The molecule has 0 saturated heterocycles. The summed E-state index contributed by atoms with van der Waals surface area (Å²) in [7, 11) is 0. The lowest BCUT2D eigenvalue weighted by atomic mass is 10.1. The number of hydrogen-bond donors (Lipinski definition) is 2. The molecule has 0 radical (unpaired) electrons. The van der Waals surface area contributed by atoms with E-state index in [1.807, 2.05) is 0 Å². The van der Waals surface area contributed by atoms with Gasteiger partial charge in [-0.15, -0.1) is 0 Å². The van der Waals surface area contributed by atoms with Crippen LogP contribution in [0, 0.1) is 18.3 Å². The van der Waals surface area contributed by atoms with Gasteiger partial charge in [0.2, 0.25) is 0 Å². The van der Waals surface area contributed by atoms with Crippen molar-refractivity contribution in [3.8, 4) is 6.07 Å². The lowest BCUT2D eigenvalue weighted by molar-refractivity contribution is 0.0928. The topological polar surface area (TPSA) is 90.7 Å². The predicted molar refractivity (Wildman–Crippen MR) is 100 cm³/mol. The molecule has 0 unspecified atom stereocenters. The van der Waals surface area contributed by atoms with Crippen molar-refractivity contribution >= 4 is 17.4 Å². The van der Waals surface area contributed by atoms with E-state index in [1.54, 1.807) is 37.3 Å². The number of aryl methyl sites for hydroxylation is 1. The van der Waals surface area contributed by atoms with Crippen molar-refractivity contribution in [1.82, 2.24) is 15.3 Å². The van der Waals surface area contributed by atoms with Crippen molar-refractivity contribution in [2.75, 3.05) is 5.32 Å². The van der Waals surface area contributed by atoms with Gasteiger partial charge < -0.3 is 10.6 Å². The van der Waals surface area contributed by atoms with Crippen molar-refractivity contribution < 1.29 is 4.79 Å². The van der Waals surface area contributed by atoms with Crippen LogP contribution >= 0.6 is 0 Å². The number of aromatic nitrogens is 2. The van der Waals surface area contributed by atoms with Gasteiger partial charge in [0.05, 0.1) is 11.6 Å². The molecule has 0 aliphatic heterocycles. The molecule has 1 fully saturated rings. The van der Waals surface area contributed by atoms with Crippen LogP contribution in [0.3, 0.4) is 0 Å². The van der Waals surface area contributed by atoms with Gasteiger partial charge in [-0.3, -0.25) is 4.79 Å². The van der Waals surface area contributed by atoms with Crippen molar-refractivity contribution in [1.29, 1.82) is 5.26 Å². The van der Waals surface area contributed by atoms with Crippen molar-refractivity contribution in [3.63, 3.8) is 0 Å². The fraction of sp³-hybridized carbons (Fsp3) is 0.400. The molecule has 0 atom stereocenters. The van der Waals surface area contributed by atoms with E-state index in [2.05, 4.69) is 26.7 Å². The molecule has 6 nitrogen and oxygen atoms in total. The van der Waals surface area contributed by atoms with E-state index in [9.17, 15) is 4.79 Å². The first-order valence-electron chi connectivity index (χ1n) is 9.08. The van der Waals surface area contributed by atoms with Crippen LogP contribution in [-0.4, -0.2) is 21.9 Å². The summed E-state index contributed by atoms with van der Waals surface area (Å²) in [5.74, 6) is 0.952. The predicted octanol–water partition coefficient (Wildman–Crippen LogP) is 3.85. The molecule has 1 saturated carbocycles. The molecule has 0 spiro atoms. The lowest BCUT2D eigenvalue weighted by Crippen LogP contribution is -2.35. The third-order valence-corrected chi connectivity index (χ3v) is 4.55. The third kappa shape index (κ3) is 4.79. The number of hydrogen-bond acceptors (Lipinski definition) is 5. The Bertz CT molecular complexity index is 802. The maximum Gasteiger partial charge on any atom is 0.270 e. The fourth-order valence-electron chi connectivity index (χ4n) is 3.21. The second-order valence-corrected chi connectivity index (χ2v) is 6.66. The van der Waals surface area contributed by atoms with E-state index in [-0.39, 0.29) is 11.9 Å². The molecule has 1 aromatic carbocycles. The Hall–Kier alpha value is -2.94. The molecule has 1 aliphatic rings. The van der Waals surface area contributed by atoms with Crippen LogP contribution in [-0.2, 0) is 0 Å². The van der Waals surface area contributed by atoms with Crippen LogP contribution in [0.4, 0.5) is 11.5 Å². The zero-order valence-corrected chi connectivity index (χ0v) is 15.0. The van der Waals surface area contributed by atoms with E-state index in [1.165, 1.54) is 25.7 Å². The maximum atomic E-state index is 12.6. The van der Waals surface area contributed by atoms with Crippen LogP contribution in [0.2, 0.25) is 0 Å². The van der Waals surface area contributed by atoms with Gasteiger partial charge in [0.25, 0.3) is 5.91 Å². The Morgan fingerprint density at radius 2 is 1.81 bits per heavy atom. The molecule has 2 N–H and O–H groups in total. The Balaban J connectivity index is 1.71. The van der Waals surface area contributed by atoms with E-state index in [0.29, 0.717) is 22.9 Å². The highest BCUT2D eigenvalue weighted by atomic mass is 16.1. The van der Waals surface area contributed by atoms with Crippen LogP contribution in [0.1, 0.15) is 60.4 Å². The fourth-order valence-corrected chi connectivity index (χ4v) is 3.21. The zero-order chi connectivity index (χ0) is 18.4. The number of nitrogens with zero attached hydrogens (tertiary/aromatic N) is 3. The van der Waals surface area contributed by atoms with Crippen LogP contribution < -0.4 is 10.6 Å². The van der Waals surface area contributed by atoms with Gasteiger partial charge in [0.1, 0.15) is 17.3 Å². The minimum Gasteiger partial charge on any atom is -0.348 e. The first-order chi connectivity index (χ1) is 12.6. The first-order valence-corrected chi connectivity index (χ1v) is 9.08. The van der Waals surface area contributed by atoms with Crippen LogP contribution in [0.25, 0.3) is 0 Å². The van der Waals surface area contributed by atoms with E-state index in [0.717, 1.165) is 18.5 Å². The summed E-state index contributed by atoms with van der Waals surface area (Å²) in [6.45, 7) is 1.77. The minimum atomic E-state index is -0.148. The lowest BCUT2D eigenvalue weighted by Gasteiger charge is -2.16. The maximum absolute atomic E-state index is 12.6. The highest BCUT2D eigenvalue weighted by Crippen LogP contribution is 2.19. The molecule has 3 rings (SSSR count). The van der Waals surface area contributed by atoms with Gasteiger partial charge in [0.15, 0.2) is 0 Å². The molecule has 134 valence electrons. The van der Waals surface area contributed by atoms with E-state index < -0.39 is 0 Å². The number of carbonyl (C=O) groups is 1. The largest absolute Gasteiger partial charge is 0.348 e. The molecule has 1 aromatic heterocycles. The second kappa shape index (κ2) is 8.43. The summed E-state index contributed by atoms with van der Waals surface area (Å²) in [6, 6.07) is 11.1. The zero-order valence-electron chi connectivity index (χ0n) is 15.0. The van der Waals surface area contributed by atoms with Crippen LogP contribution in [0.5, 0.6) is 0 Å². The molecule has 0 bridgehead atoms. The highest BCUT2D eigenvalue weighted by Gasteiger charge is 2.17. The van der Waals surface area contributed by atoms with Gasteiger partial charge in [-0.1, -0.05) is 25.7 Å². The quantitative estimate of drug-likeness (QED) is 0.818. The normalized spacial score (nSPS) is 14.9. The molecular formula is C20H23N5O. The minimum absolute atomic E-state index is 0.148. The average molecular weight is 349 g/mol. The van der Waals surface area contributed by atoms with Crippen molar-refractivity contribution in [2.24, 2.45) is 0 Å². The Morgan fingerprint density at radius 3 is 2.46 bits per heavy atom. The molecule has 1 aliphatic carbocycles. The molecule has 1 amide bonds. The number of rotatable bonds is 4. The SMILES string of the molecule is Cc1nc(Nc2ccc(C#N)cc2)cc(C(=O)NC2CCCCCC2)n1. The summed E-state index contributed by atoms with van der Waals surface area (Å²) < 4.78 is 0. The van der Waals surface area contributed by atoms with Gasteiger partial charge in [0, 0.05) is 17.8 Å². The van der Waals surface area contributed by atoms with Gasteiger partial charge in [-0.05, 0) is 44.0 Å². The molecule has 2 aromatic rings. The summed E-state index contributed by atoms with van der Waals surface area (Å²) in [6.07, 6.45) is 6.89. The number of anilines is 2. The summed E-state index contributed by atoms with van der Waals surface area (Å²) in [5, 5.41) is 15.1. The molecule has 1 heterocycles. The van der Waals surface area contributed by atoms with Gasteiger partial charge >= 0.3 is 0 Å². The molecular weight excluding hydrogens is 326 g/mol. The Kier molecular flexibility index (Phi) is 5.80. The number of amides is 1. The smallest absolute Gasteiger partial charge is 0.270 e. The Morgan fingerprint density at radius 1 is 1.12 bits per heavy atom. The standard InChI is InChI=1S/C20H23N5O/c1-14-22-18(20(26)25-16-6-4-2-3-5-7-16)12-19(23-14)24-17-10-8-15(13-21)9-11-17/h8-12,16H,2-7H2,1H3,(H,25,26)(H,22,23,24). The summed E-state index contributed by atoms with van der Waals surface area (Å²) in [4.78, 5) is 21.2. The Labute approximate surface area is 153 Å². The van der Waals surface area contributed by atoms with Gasteiger partial charge in [-0.25, -0.2) is 9.97 Å². The van der Waals surface area contributed by atoms with Crippen molar-refractivity contribution in [2.45, 2.75) is 51.5 Å². The van der Waals surface area contributed by atoms with Crippen LogP contribution in [0.15, 0.2) is 30.3 Å². The summed E-state index contributed by atoms with van der Waals surface area (Å²) >= 11 is 0. The monoisotopic (exact) mass is 349 g/mol. The molecule has 26 heavy (non-hydrogen) atoms. The van der Waals surface area contributed by atoms with E-state index >= 15 is 0 Å². The number of nitrogens with one attached hydrogen (secondary N) is 2.